The van der Waals surface area contributed by atoms with Crippen molar-refractivity contribution >= 4 is 28.8 Å². The Morgan fingerprint density at radius 2 is 1.83 bits per heavy atom. The monoisotopic (exact) mass is 501 g/mol. The zero-order chi connectivity index (χ0) is 24.9. The number of benzene rings is 2. The molecule has 3 aromatic rings. The Morgan fingerprint density at radius 3 is 2.69 bits per heavy atom. The van der Waals surface area contributed by atoms with Gasteiger partial charge in [-0.2, -0.15) is 0 Å². The third-order valence-corrected chi connectivity index (χ3v) is 8.41. The average Bonchev–Trinajstić information content (AvgIpc) is 3.39. The van der Waals surface area contributed by atoms with Gasteiger partial charge >= 0.3 is 0 Å². The van der Waals surface area contributed by atoms with Crippen molar-refractivity contribution in [3.05, 3.63) is 87.6 Å². The molecule has 0 saturated heterocycles. The highest BCUT2D eigenvalue weighted by Gasteiger charge is 2.35. The molecule has 5 rings (SSSR count). The van der Waals surface area contributed by atoms with Gasteiger partial charge in [0, 0.05) is 49.1 Å². The van der Waals surface area contributed by atoms with Crippen LogP contribution in [0.5, 0.6) is 0 Å². The zero-order valence-electron chi connectivity index (χ0n) is 21.0. The lowest BCUT2D eigenvalue weighted by molar-refractivity contribution is -0.139. The van der Waals surface area contributed by atoms with Gasteiger partial charge in [0.25, 0.3) is 0 Å². The van der Waals surface area contributed by atoms with Crippen LogP contribution in [0.1, 0.15) is 53.8 Å². The number of anilines is 1. The summed E-state index contributed by atoms with van der Waals surface area (Å²) in [5.41, 5.74) is 5.10. The molecule has 0 spiro atoms. The predicted octanol–water partition coefficient (Wildman–Crippen LogP) is 5.21. The molecule has 0 fully saturated rings. The Morgan fingerprint density at radius 1 is 1.03 bits per heavy atom. The van der Waals surface area contributed by atoms with Gasteiger partial charge in [0.2, 0.25) is 11.8 Å². The molecule has 6 heteroatoms. The van der Waals surface area contributed by atoms with E-state index in [9.17, 15) is 9.59 Å². The first kappa shape index (κ1) is 24.6. The zero-order valence-corrected chi connectivity index (χ0v) is 21.8. The highest BCUT2D eigenvalue weighted by atomic mass is 32.1. The van der Waals surface area contributed by atoms with Crippen molar-refractivity contribution in [1.82, 2.24) is 10.2 Å². The first-order chi connectivity index (χ1) is 17.6. The summed E-state index contributed by atoms with van der Waals surface area (Å²) in [7, 11) is 0. The Bertz CT molecular complexity index is 1190. The molecule has 2 atom stereocenters. The fourth-order valence-corrected chi connectivity index (χ4v) is 6.51. The number of hydrogen-bond donors (Lipinski definition) is 1. The standard InChI is InChI=1S/C30H35N3O2S/c1-22(21-28(34)31-16-8-18-32-17-7-12-23-9-5-6-13-26(23)32)30(35)33-19-14-27-25(15-20-36-27)29(33)24-10-3-2-4-11-24/h2-6,9-11,13,15,20,22,29H,7-8,12,14,16-19,21H2,1H3,(H,31,34). The van der Waals surface area contributed by atoms with Gasteiger partial charge in [-0.3, -0.25) is 9.59 Å². The van der Waals surface area contributed by atoms with Crippen LogP contribution >= 0.6 is 11.3 Å². The van der Waals surface area contributed by atoms with Crippen molar-refractivity contribution in [2.75, 3.05) is 31.1 Å². The molecule has 36 heavy (non-hydrogen) atoms. The Kier molecular flexibility index (Phi) is 7.71. The van der Waals surface area contributed by atoms with E-state index in [1.165, 1.54) is 28.1 Å². The van der Waals surface area contributed by atoms with E-state index in [1.807, 2.05) is 30.0 Å². The number of carbonyl (C=O) groups excluding carboxylic acids is 2. The van der Waals surface area contributed by atoms with Crippen molar-refractivity contribution in [3.63, 3.8) is 0 Å². The van der Waals surface area contributed by atoms with Gasteiger partial charge < -0.3 is 15.1 Å². The van der Waals surface area contributed by atoms with E-state index < -0.39 is 0 Å². The topological polar surface area (TPSA) is 52.7 Å². The molecule has 2 aromatic carbocycles. The second kappa shape index (κ2) is 11.3. The summed E-state index contributed by atoms with van der Waals surface area (Å²) in [6.45, 7) is 5.21. The van der Waals surface area contributed by atoms with E-state index in [-0.39, 0.29) is 30.2 Å². The molecule has 0 radical (unpaired) electrons. The van der Waals surface area contributed by atoms with E-state index in [0.29, 0.717) is 13.1 Å². The highest BCUT2D eigenvalue weighted by molar-refractivity contribution is 7.10. The Balaban J connectivity index is 1.14. The van der Waals surface area contributed by atoms with Crippen LogP contribution in [0.25, 0.3) is 0 Å². The van der Waals surface area contributed by atoms with Crippen molar-refractivity contribution in [2.45, 2.75) is 45.1 Å². The Labute approximate surface area is 218 Å². The molecule has 2 amide bonds. The maximum Gasteiger partial charge on any atom is 0.226 e. The second-order valence-corrected chi connectivity index (χ2v) is 10.9. The summed E-state index contributed by atoms with van der Waals surface area (Å²) >= 11 is 1.77. The maximum atomic E-state index is 13.5. The normalized spacial score (nSPS) is 17.8. The van der Waals surface area contributed by atoms with Gasteiger partial charge in [-0.05, 0) is 59.9 Å². The lowest BCUT2D eigenvalue weighted by atomic mass is 9.91. The first-order valence-electron chi connectivity index (χ1n) is 13.1. The molecular weight excluding hydrogens is 466 g/mol. The molecule has 2 aliphatic rings. The molecule has 5 nitrogen and oxygen atoms in total. The number of thiophene rings is 1. The number of rotatable bonds is 8. The van der Waals surface area contributed by atoms with Crippen LogP contribution in [0.15, 0.2) is 66.0 Å². The van der Waals surface area contributed by atoms with E-state index in [4.69, 9.17) is 0 Å². The molecule has 0 aliphatic carbocycles. The van der Waals surface area contributed by atoms with Crippen molar-refractivity contribution < 1.29 is 9.59 Å². The van der Waals surface area contributed by atoms with Gasteiger partial charge in [0.1, 0.15) is 0 Å². The van der Waals surface area contributed by atoms with E-state index in [0.717, 1.165) is 37.9 Å². The number of nitrogens with zero attached hydrogens (tertiary/aromatic N) is 2. The van der Waals surface area contributed by atoms with E-state index >= 15 is 0 Å². The van der Waals surface area contributed by atoms with E-state index in [1.54, 1.807) is 11.3 Å². The van der Waals surface area contributed by atoms with E-state index in [2.05, 4.69) is 58.1 Å². The summed E-state index contributed by atoms with van der Waals surface area (Å²) in [5.74, 6) is -0.342. The quantitative estimate of drug-likeness (QED) is 0.431. The Hall–Kier alpha value is -3.12. The first-order valence-corrected chi connectivity index (χ1v) is 14.0. The largest absolute Gasteiger partial charge is 0.371 e. The van der Waals surface area contributed by atoms with Crippen LogP contribution in [-0.4, -0.2) is 42.9 Å². The third-order valence-electron chi connectivity index (χ3n) is 7.41. The molecule has 0 saturated carbocycles. The summed E-state index contributed by atoms with van der Waals surface area (Å²) in [4.78, 5) is 32.0. The molecule has 3 heterocycles. The second-order valence-electron chi connectivity index (χ2n) is 9.92. The smallest absolute Gasteiger partial charge is 0.226 e. The van der Waals surface area contributed by atoms with Gasteiger partial charge in [0.05, 0.1) is 6.04 Å². The molecule has 2 aliphatic heterocycles. The minimum atomic E-state index is -0.356. The molecule has 1 aromatic heterocycles. The number of fused-ring (bicyclic) bond motifs is 2. The van der Waals surface area contributed by atoms with Gasteiger partial charge in [-0.15, -0.1) is 11.3 Å². The number of hydrogen-bond acceptors (Lipinski definition) is 4. The molecule has 188 valence electrons. The maximum absolute atomic E-state index is 13.5. The van der Waals surface area contributed by atoms with Gasteiger partial charge in [0.15, 0.2) is 0 Å². The summed E-state index contributed by atoms with van der Waals surface area (Å²) < 4.78 is 0. The van der Waals surface area contributed by atoms with Crippen molar-refractivity contribution in [3.8, 4) is 0 Å². The van der Waals surface area contributed by atoms with Crippen LogP contribution in [0.3, 0.4) is 0 Å². The van der Waals surface area contributed by atoms with Crippen molar-refractivity contribution in [2.24, 2.45) is 5.92 Å². The highest BCUT2D eigenvalue weighted by Crippen LogP contribution is 2.38. The summed E-state index contributed by atoms with van der Waals surface area (Å²) in [5, 5.41) is 5.17. The summed E-state index contributed by atoms with van der Waals surface area (Å²) in [6.07, 6.45) is 4.31. The van der Waals surface area contributed by atoms with Crippen LogP contribution in [0.2, 0.25) is 0 Å². The number of nitrogens with one attached hydrogen (secondary N) is 1. The fraction of sp³-hybridized carbons (Fsp3) is 0.400. The third kappa shape index (κ3) is 5.34. The number of amides is 2. The predicted molar refractivity (Wildman–Crippen MR) is 146 cm³/mol. The van der Waals surface area contributed by atoms with Crippen LogP contribution < -0.4 is 10.2 Å². The molecule has 0 bridgehead atoms. The summed E-state index contributed by atoms with van der Waals surface area (Å²) in [6, 6.07) is 20.9. The molecular formula is C30H35N3O2S. The number of para-hydroxylation sites is 1. The lowest BCUT2D eigenvalue weighted by Gasteiger charge is -2.37. The fourth-order valence-electron chi connectivity index (χ4n) is 5.61. The number of carbonyl (C=O) groups is 2. The molecule has 1 N–H and O–H groups in total. The number of aryl methyl sites for hydroxylation is 1. The van der Waals surface area contributed by atoms with Crippen LogP contribution in [-0.2, 0) is 22.4 Å². The average molecular weight is 502 g/mol. The van der Waals surface area contributed by atoms with Crippen molar-refractivity contribution in [1.29, 1.82) is 0 Å². The van der Waals surface area contributed by atoms with Gasteiger partial charge in [-0.25, -0.2) is 0 Å². The minimum absolute atomic E-state index is 0.0422. The van der Waals surface area contributed by atoms with Crippen LogP contribution in [0.4, 0.5) is 5.69 Å². The minimum Gasteiger partial charge on any atom is -0.371 e. The SMILES string of the molecule is CC(CC(=O)NCCCN1CCCc2ccccc21)C(=O)N1CCc2sccc2C1c1ccccc1. The molecule has 2 unspecified atom stereocenters. The van der Waals surface area contributed by atoms with Crippen LogP contribution in [0, 0.1) is 5.92 Å². The van der Waals surface area contributed by atoms with Gasteiger partial charge in [-0.1, -0.05) is 55.5 Å². The lowest BCUT2D eigenvalue weighted by Crippen LogP contribution is -2.43.